The number of aromatic nitrogens is 1. The largest absolute Gasteiger partial charge is 0.365 e. The molecule has 1 saturated heterocycles. The number of halogens is 1. The fourth-order valence-electron chi connectivity index (χ4n) is 2.99. The number of carbonyl (C=O) groups excluding carboxylic acids is 2. The summed E-state index contributed by atoms with van der Waals surface area (Å²) in [5.41, 5.74) is 1.76. The third kappa shape index (κ3) is 4.89. The van der Waals surface area contributed by atoms with E-state index >= 15 is 0 Å². The van der Waals surface area contributed by atoms with Gasteiger partial charge in [0.25, 0.3) is 11.8 Å². The Kier molecular flexibility index (Phi) is 6.31. The molecule has 2 amide bonds. The van der Waals surface area contributed by atoms with Crippen molar-refractivity contribution in [2.24, 2.45) is 0 Å². The summed E-state index contributed by atoms with van der Waals surface area (Å²) < 4.78 is 0. The molecule has 0 spiro atoms. The van der Waals surface area contributed by atoms with E-state index in [2.05, 4.69) is 22.2 Å². The summed E-state index contributed by atoms with van der Waals surface area (Å²) in [4.78, 5) is 30.7. The van der Waals surface area contributed by atoms with Crippen LogP contribution in [0.25, 0.3) is 0 Å². The number of hydrogen-bond acceptors (Lipinski definition) is 4. The van der Waals surface area contributed by atoms with Crippen LogP contribution in [0.3, 0.4) is 0 Å². The number of likely N-dealkylation sites (tertiary alicyclic amines) is 1. The zero-order valence-corrected chi connectivity index (χ0v) is 16.5. The summed E-state index contributed by atoms with van der Waals surface area (Å²) >= 11 is 5.85. The maximum absolute atomic E-state index is 12.7. The van der Waals surface area contributed by atoms with Crippen LogP contribution >= 0.6 is 11.6 Å². The van der Waals surface area contributed by atoms with Crippen molar-refractivity contribution in [2.75, 3.05) is 23.7 Å². The molecule has 0 bridgehead atoms. The van der Waals surface area contributed by atoms with Gasteiger partial charge in [0.1, 0.15) is 5.82 Å². The Balaban J connectivity index is 1.56. The summed E-state index contributed by atoms with van der Waals surface area (Å²) in [7, 11) is 0. The van der Waals surface area contributed by atoms with Crippen molar-refractivity contribution in [3.8, 4) is 0 Å². The quantitative estimate of drug-likeness (QED) is 0.722. The van der Waals surface area contributed by atoms with Gasteiger partial charge in [-0.15, -0.1) is 0 Å². The lowest BCUT2D eigenvalue weighted by Gasteiger charge is -2.18. The highest BCUT2D eigenvalue weighted by Crippen LogP contribution is 2.19. The van der Waals surface area contributed by atoms with E-state index in [1.54, 1.807) is 36.5 Å². The molecule has 0 unspecified atom stereocenters. The molecular formula is C21H23ClN4O2. The third-order valence-corrected chi connectivity index (χ3v) is 4.92. The molecule has 1 fully saturated rings. The van der Waals surface area contributed by atoms with Crippen molar-refractivity contribution >= 4 is 34.9 Å². The van der Waals surface area contributed by atoms with E-state index in [0.717, 1.165) is 12.2 Å². The van der Waals surface area contributed by atoms with Gasteiger partial charge in [0, 0.05) is 42.2 Å². The van der Waals surface area contributed by atoms with Gasteiger partial charge in [0.2, 0.25) is 0 Å². The average molecular weight is 399 g/mol. The number of anilines is 2. The van der Waals surface area contributed by atoms with Crippen LogP contribution in [-0.2, 0) is 4.79 Å². The fraction of sp³-hybridized carbons (Fsp3) is 0.286. The maximum Gasteiger partial charge on any atom is 0.253 e. The summed E-state index contributed by atoms with van der Waals surface area (Å²) in [5, 5.41) is 6.70. The van der Waals surface area contributed by atoms with Crippen LogP contribution < -0.4 is 10.6 Å². The average Bonchev–Trinajstić information content (AvgIpc) is 3.17. The lowest BCUT2D eigenvalue weighted by atomic mass is 10.1. The van der Waals surface area contributed by atoms with Crippen LogP contribution in [0.5, 0.6) is 0 Å². The molecule has 2 aromatic rings. The minimum atomic E-state index is -0.203. The normalized spacial score (nSPS) is 15.9. The molecule has 3 rings (SSSR count). The molecule has 1 aromatic heterocycles. The first-order valence-electron chi connectivity index (χ1n) is 9.23. The van der Waals surface area contributed by atoms with Crippen molar-refractivity contribution in [2.45, 2.75) is 25.8 Å². The molecule has 2 heterocycles. The number of nitrogens with one attached hydrogen (secondary N) is 2. The SMILES string of the molecule is C=C(CC)C(=O)Nc1ccc(C(=O)N2CC[C@@H](Nc3ccc(Cl)cn3)C2)cc1. The van der Waals surface area contributed by atoms with Crippen LogP contribution in [-0.4, -0.2) is 40.8 Å². The predicted octanol–water partition coefficient (Wildman–Crippen LogP) is 3.97. The molecule has 0 saturated carbocycles. The standard InChI is InChI=1S/C21H23ClN4O2/c1-3-14(2)20(27)25-17-7-4-15(5-8-17)21(28)26-11-10-18(13-26)24-19-9-6-16(22)12-23-19/h4-9,12,18H,2-3,10-11,13H2,1H3,(H,23,24)(H,25,27)/t18-/m1/s1. The second kappa shape index (κ2) is 8.89. The lowest BCUT2D eigenvalue weighted by Crippen LogP contribution is -2.31. The van der Waals surface area contributed by atoms with Gasteiger partial charge in [-0.25, -0.2) is 4.98 Å². The molecule has 1 aromatic carbocycles. The molecule has 0 radical (unpaired) electrons. The van der Waals surface area contributed by atoms with Crippen LogP contribution in [0, 0.1) is 0 Å². The van der Waals surface area contributed by atoms with E-state index in [9.17, 15) is 9.59 Å². The Labute approximate surface area is 169 Å². The Morgan fingerprint density at radius 1 is 1.25 bits per heavy atom. The van der Waals surface area contributed by atoms with E-state index < -0.39 is 0 Å². The number of rotatable bonds is 6. The van der Waals surface area contributed by atoms with Crippen LogP contribution in [0.2, 0.25) is 5.02 Å². The highest BCUT2D eigenvalue weighted by molar-refractivity contribution is 6.30. The number of amides is 2. The predicted molar refractivity (Wildman–Crippen MR) is 112 cm³/mol. The van der Waals surface area contributed by atoms with Crippen molar-refractivity contribution in [1.29, 1.82) is 0 Å². The van der Waals surface area contributed by atoms with E-state index in [1.807, 2.05) is 17.9 Å². The van der Waals surface area contributed by atoms with Crippen LogP contribution in [0.4, 0.5) is 11.5 Å². The summed E-state index contributed by atoms with van der Waals surface area (Å²) in [5.74, 6) is 0.521. The zero-order valence-electron chi connectivity index (χ0n) is 15.7. The minimum Gasteiger partial charge on any atom is -0.365 e. The Morgan fingerprint density at radius 3 is 2.64 bits per heavy atom. The third-order valence-electron chi connectivity index (χ3n) is 4.69. The van der Waals surface area contributed by atoms with Crippen molar-refractivity contribution in [1.82, 2.24) is 9.88 Å². The molecule has 1 aliphatic rings. The van der Waals surface area contributed by atoms with Crippen LogP contribution in [0.15, 0.2) is 54.7 Å². The van der Waals surface area contributed by atoms with Gasteiger partial charge >= 0.3 is 0 Å². The maximum atomic E-state index is 12.7. The van der Waals surface area contributed by atoms with Gasteiger partial charge in [0.15, 0.2) is 0 Å². The molecule has 6 nitrogen and oxygen atoms in total. The summed E-state index contributed by atoms with van der Waals surface area (Å²) in [6.45, 7) is 6.89. The molecule has 0 aliphatic carbocycles. The monoisotopic (exact) mass is 398 g/mol. The smallest absolute Gasteiger partial charge is 0.253 e. The molecule has 28 heavy (non-hydrogen) atoms. The molecule has 1 aliphatic heterocycles. The van der Waals surface area contributed by atoms with E-state index in [-0.39, 0.29) is 17.9 Å². The molecule has 1 atom stereocenters. The Hall–Kier alpha value is -2.86. The second-order valence-corrected chi connectivity index (χ2v) is 7.17. The lowest BCUT2D eigenvalue weighted by molar-refractivity contribution is -0.112. The summed E-state index contributed by atoms with van der Waals surface area (Å²) in [6, 6.07) is 10.7. The molecule has 2 N–H and O–H groups in total. The highest BCUT2D eigenvalue weighted by Gasteiger charge is 2.27. The fourth-order valence-corrected chi connectivity index (χ4v) is 3.10. The van der Waals surface area contributed by atoms with Gasteiger partial charge in [-0.05, 0) is 49.2 Å². The molecular weight excluding hydrogens is 376 g/mol. The topological polar surface area (TPSA) is 74.3 Å². The number of pyridine rings is 1. The van der Waals surface area contributed by atoms with Gasteiger partial charge in [-0.3, -0.25) is 9.59 Å². The number of carbonyl (C=O) groups is 2. The van der Waals surface area contributed by atoms with E-state index in [1.165, 1.54) is 0 Å². The highest BCUT2D eigenvalue weighted by atomic mass is 35.5. The Morgan fingerprint density at radius 2 is 2.00 bits per heavy atom. The summed E-state index contributed by atoms with van der Waals surface area (Å²) in [6.07, 6.45) is 3.04. The first-order chi connectivity index (χ1) is 13.5. The number of benzene rings is 1. The van der Waals surface area contributed by atoms with Crippen molar-refractivity contribution < 1.29 is 9.59 Å². The molecule has 7 heteroatoms. The number of nitrogens with zero attached hydrogens (tertiary/aromatic N) is 2. The molecule has 146 valence electrons. The van der Waals surface area contributed by atoms with Gasteiger partial charge in [-0.2, -0.15) is 0 Å². The van der Waals surface area contributed by atoms with Gasteiger partial charge < -0.3 is 15.5 Å². The van der Waals surface area contributed by atoms with E-state index in [4.69, 9.17) is 11.6 Å². The number of hydrogen-bond donors (Lipinski definition) is 2. The van der Waals surface area contributed by atoms with Crippen molar-refractivity contribution in [3.63, 3.8) is 0 Å². The van der Waals surface area contributed by atoms with Gasteiger partial charge in [0.05, 0.1) is 5.02 Å². The van der Waals surface area contributed by atoms with Gasteiger partial charge in [-0.1, -0.05) is 25.1 Å². The van der Waals surface area contributed by atoms with E-state index in [0.29, 0.717) is 41.4 Å². The first-order valence-corrected chi connectivity index (χ1v) is 9.60. The van der Waals surface area contributed by atoms with Crippen molar-refractivity contribution in [3.05, 3.63) is 65.3 Å². The zero-order chi connectivity index (χ0) is 20.1. The minimum absolute atomic E-state index is 0.0239. The Bertz CT molecular complexity index is 865. The van der Waals surface area contributed by atoms with Crippen LogP contribution in [0.1, 0.15) is 30.1 Å². The first kappa shape index (κ1) is 19.9. The second-order valence-electron chi connectivity index (χ2n) is 6.73.